The van der Waals surface area contributed by atoms with Crippen molar-refractivity contribution in [3.8, 4) is 11.5 Å². The lowest BCUT2D eigenvalue weighted by molar-refractivity contribution is 0.122. The van der Waals surface area contributed by atoms with Crippen LogP contribution < -0.4 is 14.8 Å². The summed E-state index contributed by atoms with van der Waals surface area (Å²) in [4.78, 5) is 1.95. The van der Waals surface area contributed by atoms with E-state index < -0.39 is 6.10 Å². The molecule has 2 aromatic rings. The Morgan fingerprint density at radius 1 is 1.16 bits per heavy atom. The highest BCUT2D eigenvalue weighted by Gasteiger charge is 2.30. The van der Waals surface area contributed by atoms with Gasteiger partial charge in [-0.05, 0) is 29.9 Å². The van der Waals surface area contributed by atoms with Gasteiger partial charge in [0.15, 0.2) is 5.11 Å². The second-order valence-corrected chi connectivity index (χ2v) is 6.29. The Balaban J connectivity index is 1.77. The van der Waals surface area contributed by atoms with Gasteiger partial charge in [0, 0.05) is 24.2 Å². The van der Waals surface area contributed by atoms with E-state index in [1.807, 2.05) is 47.4 Å². The molecule has 1 atom stereocenters. The summed E-state index contributed by atoms with van der Waals surface area (Å²) in [5.41, 5.74) is 2.84. The third-order valence-corrected chi connectivity index (χ3v) is 4.77. The van der Waals surface area contributed by atoms with Crippen LogP contribution in [0.1, 0.15) is 22.8 Å². The molecule has 1 aliphatic rings. The normalized spacial score (nSPS) is 16.1. The first-order valence-electron chi connectivity index (χ1n) is 8.12. The van der Waals surface area contributed by atoms with Crippen molar-refractivity contribution in [1.29, 1.82) is 0 Å². The van der Waals surface area contributed by atoms with E-state index >= 15 is 0 Å². The van der Waals surface area contributed by atoms with E-state index in [4.69, 9.17) is 21.7 Å². The summed E-state index contributed by atoms with van der Waals surface area (Å²) in [5, 5.41) is 14.5. The highest BCUT2D eigenvalue weighted by Crippen LogP contribution is 2.39. The molecule has 5 nitrogen and oxygen atoms in total. The Kier molecular flexibility index (Phi) is 5.40. The fraction of sp³-hybridized carbons (Fsp3) is 0.316. The lowest BCUT2D eigenvalue weighted by Gasteiger charge is -2.35. The van der Waals surface area contributed by atoms with E-state index in [1.165, 1.54) is 0 Å². The standard InChI is InChI=1S/C19H22N2O3S/c1-23-16-8-9-17(24-2)18-14(16)11-21(12-15(18)22)19(25)20-10-13-6-4-3-5-7-13/h3-9,15,22H,10-12H2,1-2H3,(H,20,25)/t15-/m0/s1. The van der Waals surface area contributed by atoms with Gasteiger partial charge in [0.2, 0.25) is 0 Å². The van der Waals surface area contributed by atoms with E-state index in [9.17, 15) is 5.11 Å². The number of nitrogens with one attached hydrogen (secondary N) is 1. The molecule has 3 rings (SSSR count). The van der Waals surface area contributed by atoms with Crippen LogP contribution in [0.4, 0.5) is 0 Å². The van der Waals surface area contributed by atoms with Gasteiger partial charge in [-0.1, -0.05) is 30.3 Å². The van der Waals surface area contributed by atoms with Crippen molar-refractivity contribution in [3.63, 3.8) is 0 Å². The van der Waals surface area contributed by atoms with Gasteiger partial charge in [-0.15, -0.1) is 0 Å². The summed E-state index contributed by atoms with van der Waals surface area (Å²) < 4.78 is 10.9. The lowest BCUT2D eigenvalue weighted by atomic mass is 9.95. The van der Waals surface area contributed by atoms with Crippen molar-refractivity contribution < 1.29 is 14.6 Å². The first kappa shape index (κ1) is 17.5. The molecule has 1 heterocycles. The third-order valence-electron chi connectivity index (χ3n) is 4.36. The lowest BCUT2D eigenvalue weighted by Crippen LogP contribution is -2.44. The molecule has 0 aliphatic carbocycles. The van der Waals surface area contributed by atoms with Crippen molar-refractivity contribution in [2.45, 2.75) is 19.2 Å². The second kappa shape index (κ2) is 7.72. The summed E-state index contributed by atoms with van der Waals surface area (Å²) >= 11 is 5.53. The number of aliphatic hydroxyl groups excluding tert-OH is 1. The fourth-order valence-corrected chi connectivity index (χ4v) is 3.33. The summed E-state index contributed by atoms with van der Waals surface area (Å²) in [6.45, 7) is 1.62. The number of ether oxygens (including phenoxy) is 2. The molecule has 25 heavy (non-hydrogen) atoms. The molecule has 6 heteroatoms. The SMILES string of the molecule is COc1ccc(OC)c2c1CN(C(=S)NCc1ccccc1)C[C@@H]2O. The molecule has 2 N–H and O–H groups in total. The number of benzene rings is 2. The molecule has 2 aromatic carbocycles. The molecule has 1 aliphatic heterocycles. The Hall–Kier alpha value is -2.31. The van der Waals surface area contributed by atoms with Crippen molar-refractivity contribution in [2.75, 3.05) is 20.8 Å². The zero-order valence-corrected chi connectivity index (χ0v) is 15.2. The van der Waals surface area contributed by atoms with Gasteiger partial charge in [0.05, 0.1) is 20.8 Å². The van der Waals surface area contributed by atoms with Crippen LogP contribution in [0.15, 0.2) is 42.5 Å². The molecule has 0 saturated carbocycles. The minimum Gasteiger partial charge on any atom is -0.496 e. The van der Waals surface area contributed by atoms with Crippen molar-refractivity contribution >= 4 is 17.3 Å². The topological polar surface area (TPSA) is 54.0 Å². The van der Waals surface area contributed by atoms with E-state index in [0.717, 1.165) is 22.4 Å². The average molecular weight is 358 g/mol. The highest BCUT2D eigenvalue weighted by molar-refractivity contribution is 7.80. The number of β-amino-alcohol motifs (C(OH)–C–C–N with tert-alkyl or cyclic N) is 1. The Morgan fingerprint density at radius 2 is 1.84 bits per heavy atom. The molecule has 0 amide bonds. The average Bonchev–Trinajstić information content (AvgIpc) is 2.65. The van der Waals surface area contributed by atoms with Gasteiger partial charge in [-0.3, -0.25) is 0 Å². The van der Waals surface area contributed by atoms with Gasteiger partial charge < -0.3 is 24.8 Å². The van der Waals surface area contributed by atoms with Crippen LogP contribution in [0.25, 0.3) is 0 Å². The minimum atomic E-state index is -0.690. The summed E-state index contributed by atoms with van der Waals surface area (Å²) in [7, 11) is 3.23. The van der Waals surface area contributed by atoms with Crippen LogP contribution >= 0.6 is 12.2 Å². The Bertz CT molecular complexity index is 752. The summed E-state index contributed by atoms with van der Waals surface area (Å²) in [6.07, 6.45) is -0.690. The zero-order valence-electron chi connectivity index (χ0n) is 14.4. The van der Waals surface area contributed by atoms with Crippen molar-refractivity contribution in [3.05, 3.63) is 59.2 Å². The zero-order chi connectivity index (χ0) is 17.8. The van der Waals surface area contributed by atoms with Gasteiger partial charge in [-0.25, -0.2) is 0 Å². The quantitative estimate of drug-likeness (QED) is 0.820. The maximum atomic E-state index is 10.6. The number of hydrogen-bond acceptors (Lipinski definition) is 4. The summed E-state index contributed by atoms with van der Waals surface area (Å²) in [6, 6.07) is 13.8. The molecule has 0 radical (unpaired) electrons. The number of methoxy groups -OCH3 is 2. The molecule has 0 unspecified atom stereocenters. The second-order valence-electron chi connectivity index (χ2n) is 5.90. The number of fused-ring (bicyclic) bond motifs is 1. The minimum absolute atomic E-state index is 0.414. The van der Waals surface area contributed by atoms with Gasteiger partial charge >= 0.3 is 0 Å². The van der Waals surface area contributed by atoms with Gasteiger partial charge in [0.25, 0.3) is 0 Å². The van der Waals surface area contributed by atoms with E-state index in [-0.39, 0.29) is 0 Å². The van der Waals surface area contributed by atoms with Crippen LogP contribution in [0, 0.1) is 0 Å². The highest BCUT2D eigenvalue weighted by atomic mass is 32.1. The van der Waals surface area contributed by atoms with Crippen LogP contribution in [-0.2, 0) is 13.1 Å². The maximum Gasteiger partial charge on any atom is 0.169 e. The monoisotopic (exact) mass is 358 g/mol. The van der Waals surface area contributed by atoms with Gasteiger partial charge in [0.1, 0.15) is 17.6 Å². The number of hydrogen-bond donors (Lipinski definition) is 2. The number of nitrogens with zero attached hydrogens (tertiary/aromatic N) is 1. The van der Waals surface area contributed by atoms with E-state index in [2.05, 4.69) is 5.32 Å². The third kappa shape index (κ3) is 3.70. The molecule has 0 spiro atoms. The number of rotatable bonds is 4. The predicted molar refractivity (Wildman–Crippen MR) is 101 cm³/mol. The van der Waals surface area contributed by atoms with E-state index in [0.29, 0.717) is 30.5 Å². The largest absolute Gasteiger partial charge is 0.496 e. The predicted octanol–water partition coefficient (Wildman–Crippen LogP) is 2.63. The number of aliphatic hydroxyl groups is 1. The molecule has 0 aromatic heterocycles. The molecule has 0 bridgehead atoms. The van der Waals surface area contributed by atoms with Crippen molar-refractivity contribution in [1.82, 2.24) is 10.2 Å². The van der Waals surface area contributed by atoms with Crippen LogP contribution in [-0.4, -0.2) is 35.9 Å². The van der Waals surface area contributed by atoms with Crippen LogP contribution in [0.5, 0.6) is 11.5 Å². The molecule has 0 fully saturated rings. The maximum absolute atomic E-state index is 10.6. The first-order valence-corrected chi connectivity index (χ1v) is 8.53. The summed E-state index contributed by atoms with van der Waals surface area (Å²) in [5.74, 6) is 1.40. The van der Waals surface area contributed by atoms with Crippen LogP contribution in [0.3, 0.4) is 0 Å². The van der Waals surface area contributed by atoms with Crippen molar-refractivity contribution in [2.24, 2.45) is 0 Å². The molecular weight excluding hydrogens is 336 g/mol. The first-order chi connectivity index (χ1) is 12.1. The van der Waals surface area contributed by atoms with E-state index in [1.54, 1.807) is 14.2 Å². The number of thiocarbonyl (C=S) groups is 1. The smallest absolute Gasteiger partial charge is 0.169 e. The Labute approximate surface area is 153 Å². The molecule has 0 saturated heterocycles. The fourth-order valence-electron chi connectivity index (χ4n) is 3.12. The molecular formula is C19H22N2O3S. The van der Waals surface area contributed by atoms with Crippen LogP contribution in [0.2, 0.25) is 0 Å². The Morgan fingerprint density at radius 3 is 2.52 bits per heavy atom. The van der Waals surface area contributed by atoms with Gasteiger partial charge in [-0.2, -0.15) is 0 Å². The molecule has 132 valence electrons.